The first-order valence-electron chi connectivity index (χ1n) is 11.4. The lowest BCUT2D eigenvalue weighted by Crippen LogP contribution is -2.62. The van der Waals surface area contributed by atoms with Crippen LogP contribution in [0.3, 0.4) is 0 Å². The molecule has 8 heteroatoms. The maximum absolute atomic E-state index is 13.7. The molecule has 7 nitrogen and oxygen atoms in total. The van der Waals surface area contributed by atoms with Gasteiger partial charge in [-0.2, -0.15) is 4.80 Å². The van der Waals surface area contributed by atoms with Crippen molar-refractivity contribution in [3.05, 3.63) is 41.5 Å². The highest BCUT2D eigenvalue weighted by molar-refractivity contribution is 5.79. The van der Waals surface area contributed by atoms with E-state index < -0.39 is 0 Å². The highest BCUT2D eigenvalue weighted by atomic mass is 19.1. The van der Waals surface area contributed by atoms with Gasteiger partial charge in [0.2, 0.25) is 5.91 Å². The van der Waals surface area contributed by atoms with Crippen LogP contribution in [0.5, 0.6) is 0 Å². The van der Waals surface area contributed by atoms with E-state index in [1.807, 2.05) is 17.0 Å². The Morgan fingerprint density at radius 2 is 1.74 bits per heavy atom. The molecule has 1 amide bonds. The number of benzene rings is 1. The zero-order chi connectivity index (χ0) is 21.3. The number of nitrogens with zero attached hydrogens (tertiary/aromatic N) is 5. The number of aromatic nitrogens is 4. The molecule has 0 unspecified atom stereocenters. The van der Waals surface area contributed by atoms with Gasteiger partial charge in [-0.25, -0.2) is 4.39 Å². The topological polar surface area (TPSA) is 84.1 Å². The van der Waals surface area contributed by atoms with Crippen LogP contribution in [0.4, 0.5) is 4.39 Å². The van der Waals surface area contributed by atoms with Crippen LogP contribution in [-0.4, -0.2) is 55.3 Å². The zero-order valence-electron chi connectivity index (χ0n) is 17.7. The highest BCUT2D eigenvalue weighted by Crippen LogP contribution is 2.64. The molecule has 1 saturated heterocycles. The van der Waals surface area contributed by atoms with Crippen LogP contribution in [0.25, 0.3) is 0 Å². The third kappa shape index (κ3) is 2.87. The molecule has 5 aliphatic rings. The minimum absolute atomic E-state index is 0.146. The number of aryl methyl sites for hydroxylation is 1. The molecule has 0 spiro atoms. The van der Waals surface area contributed by atoms with Crippen LogP contribution >= 0.6 is 0 Å². The molecule has 1 aliphatic heterocycles. The first-order chi connectivity index (χ1) is 14.9. The van der Waals surface area contributed by atoms with E-state index in [-0.39, 0.29) is 29.2 Å². The average molecular weight is 426 g/mol. The summed E-state index contributed by atoms with van der Waals surface area (Å²) in [7, 11) is 1.74. The molecule has 164 valence electrons. The van der Waals surface area contributed by atoms with E-state index in [2.05, 4.69) is 15.4 Å². The quantitative estimate of drug-likeness (QED) is 0.810. The fraction of sp³-hybridized carbons (Fsp3) is 0.652. The van der Waals surface area contributed by atoms with Crippen molar-refractivity contribution in [1.29, 1.82) is 0 Å². The van der Waals surface area contributed by atoms with E-state index in [9.17, 15) is 14.3 Å². The Kier molecular flexibility index (Phi) is 4.26. The molecular formula is C23H28FN5O2. The van der Waals surface area contributed by atoms with Crippen LogP contribution in [-0.2, 0) is 17.3 Å². The van der Waals surface area contributed by atoms with Crippen LogP contribution in [0.2, 0.25) is 0 Å². The first-order valence-corrected chi connectivity index (χ1v) is 11.4. The van der Waals surface area contributed by atoms with Gasteiger partial charge >= 0.3 is 0 Å². The van der Waals surface area contributed by atoms with Gasteiger partial charge < -0.3 is 10.0 Å². The molecule has 5 fully saturated rings. The molecule has 4 aliphatic carbocycles. The van der Waals surface area contributed by atoms with E-state index in [4.69, 9.17) is 0 Å². The predicted octanol–water partition coefficient (Wildman–Crippen LogP) is 2.03. The second-order valence-electron chi connectivity index (χ2n) is 10.2. The second kappa shape index (κ2) is 6.82. The summed E-state index contributed by atoms with van der Waals surface area (Å²) in [4.78, 5) is 16.8. The van der Waals surface area contributed by atoms with Crippen molar-refractivity contribution in [2.24, 2.45) is 30.7 Å². The van der Waals surface area contributed by atoms with E-state index in [0.29, 0.717) is 49.0 Å². The Morgan fingerprint density at radius 1 is 1.13 bits per heavy atom. The summed E-state index contributed by atoms with van der Waals surface area (Å²) in [6, 6.07) is 6.84. The summed E-state index contributed by atoms with van der Waals surface area (Å²) in [6.07, 6.45) is 4.13. The smallest absolute Gasteiger partial charge is 0.223 e. The predicted molar refractivity (Wildman–Crippen MR) is 109 cm³/mol. The Bertz CT molecular complexity index is 970. The molecule has 1 aromatic carbocycles. The van der Waals surface area contributed by atoms with Gasteiger partial charge in [-0.3, -0.25) is 4.79 Å². The van der Waals surface area contributed by atoms with E-state index in [0.717, 1.165) is 31.2 Å². The Morgan fingerprint density at radius 3 is 2.29 bits per heavy atom. The van der Waals surface area contributed by atoms with Crippen molar-refractivity contribution >= 4 is 5.91 Å². The number of aliphatic hydroxyl groups is 1. The number of aliphatic hydroxyl groups excluding tert-OH is 1. The minimum atomic E-state index is -0.256. The van der Waals surface area contributed by atoms with Gasteiger partial charge in [0, 0.05) is 24.9 Å². The number of hydrogen-bond donors (Lipinski definition) is 1. The monoisotopic (exact) mass is 425 g/mol. The van der Waals surface area contributed by atoms with E-state index >= 15 is 0 Å². The number of amides is 1. The van der Waals surface area contributed by atoms with Crippen molar-refractivity contribution in [2.75, 3.05) is 13.1 Å². The summed E-state index contributed by atoms with van der Waals surface area (Å²) >= 11 is 0. The molecule has 0 radical (unpaired) electrons. The average Bonchev–Trinajstić information content (AvgIpc) is 3.11. The lowest BCUT2D eigenvalue weighted by atomic mass is 9.42. The lowest BCUT2D eigenvalue weighted by molar-refractivity contribution is -0.155. The normalized spacial score (nSPS) is 36.6. The number of likely N-dealkylation sites (tertiary alicyclic amines) is 1. The fourth-order valence-corrected chi connectivity index (χ4v) is 7.26. The number of rotatable bonds is 4. The molecule has 1 aromatic heterocycles. The van der Waals surface area contributed by atoms with Crippen LogP contribution < -0.4 is 0 Å². The Hall–Kier alpha value is -2.35. The number of hydrogen-bond acceptors (Lipinski definition) is 5. The summed E-state index contributed by atoms with van der Waals surface area (Å²) in [6.45, 7) is 1.26. The largest absolute Gasteiger partial charge is 0.393 e. The molecular weight excluding hydrogens is 397 g/mol. The van der Waals surface area contributed by atoms with E-state index in [1.54, 1.807) is 7.05 Å². The van der Waals surface area contributed by atoms with E-state index in [1.165, 1.54) is 16.9 Å². The standard InChI is InChI=1S/C23H28FN5O2/c1-28-26-22(25-27-28)15-11-29(12-15)20(30)10-23(16-2-4-19(24)5-3-16)17-6-13-7-18(23)9-14(8-17)21(13)31/h2-5,13-15,17-18,21,31H,6-12H2,1H3. The third-order valence-corrected chi connectivity index (χ3v) is 8.72. The molecule has 31 heavy (non-hydrogen) atoms. The number of tetrazole rings is 1. The first kappa shape index (κ1) is 19.3. The molecule has 4 bridgehead atoms. The van der Waals surface area contributed by atoms with Crippen molar-refractivity contribution in [2.45, 2.75) is 49.5 Å². The van der Waals surface area contributed by atoms with Crippen LogP contribution in [0.1, 0.15) is 49.4 Å². The van der Waals surface area contributed by atoms with Crippen molar-refractivity contribution < 1.29 is 14.3 Å². The van der Waals surface area contributed by atoms with Crippen molar-refractivity contribution in [3.8, 4) is 0 Å². The van der Waals surface area contributed by atoms with Gasteiger partial charge in [-0.05, 0) is 72.3 Å². The zero-order valence-corrected chi connectivity index (χ0v) is 17.7. The maximum Gasteiger partial charge on any atom is 0.223 e. The summed E-state index contributed by atoms with van der Waals surface area (Å²) < 4.78 is 13.7. The second-order valence-corrected chi connectivity index (χ2v) is 10.2. The molecule has 1 N–H and O–H groups in total. The van der Waals surface area contributed by atoms with Crippen LogP contribution in [0, 0.1) is 29.5 Å². The molecule has 0 atom stereocenters. The number of halogens is 1. The SMILES string of the molecule is Cn1nnc(C2CN(C(=O)CC3(c4ccc(F)cc4)C4CC5CC3CC(C4)C5O)C2)n1. The van der Waals surface area contributed by atoms with Gasteiger partial charge in [0.15, 0.2) is 5.82 Å². The molecule has 2 heterocycles. The highest BCUT2D eigenvalue weighted by Gasteiger charge is 2.61. The van der Waals surface area contributed by atoms with Gasteiger partial charge in [-0.15, -0.1) is 10.2 Å². The fourth-order valence-electron chi connectivity index (χ4n) is 7.26. The van der Waals surface area contributed by atoms with Gasteiger partial charge in [-0.1, -0.05) is 12.1 Å². The summed E-state index contributed by atoms with van der Waals surface area (Å²) in [5.74, 6) is 2.20. The van der Waals surface area contributed by atoms with Crippen molar-refractivity contribution in [3.63, 3.8) is 0 Å². The molecule has 7 rings (SSSR count). The lowest BCUT2D eigenvalue weighted by Gasteiger charge is -2.63. The van der Waals surface area contributed by atoms with Gasteiger partial charge in [0.25, 0.3) is 0 Å². The van der Waals surface area contributed by atoms with Crippen molar-refractivity contribution in [1.82, 2.24) is 25.1 Å². The molecule has 4 saturated carbocycles. The minimum Gasteiger partial charge on any atom is -0.393 e. The third-order valence-electron chi connectivity index (χ3n) is 8.72. The van der Waals surface area contributed by atoms with Gasteiger partial charge in [0.1, 0.15) is 5.82 Å². The summed E-state index contributed by atoms with van der Waals surface area (Å²) in [5.41, 5.74) is 0.839. The Labute approximate surface area is 180 Å². The molecule has 2 aromatic rings. The maximum atomic E-state index is 13.7. The number of carbonyl (C=O) groups excluding carboxylic acids is 1. The number of carbonyl (C=O) groups is 1. The summed E-state index contributed by atoms with van der Waals surface area (Å²) in [5, 5.41) is 22.9. The van der Waals surface area contributed by atoms with Gasteiger partial charge in [0.05, 0.1) is 19.1 Å². The Balaban J connectivity index is 1.27. The van der Waals surface area contributed by atoms with Crippen LogP contribution in [0.15, 0.2) is 24.3 Å².